The quantitative estimate of drug-likeness (QED) is 0.355. The molecule has 0 heterocycles. The minimum Gasteiger partial charge on any atom is -0.487 e. The van der Waals surface area contributed by atoms with Crippen LogP contribution < -0.4 is 4.74 Å². The van der Waals surface area contributed by atoms with Crippen LogP contribution in [0.4, 0.5) is 0 Å². The molecule has 3 aromatic carbocycles. The Labute approximate surface area is 195 Å². The Morgan fingerprint density at radius 2 is 1.12 bits per heavy atom. The molecule has 4 fully saturated rings. The normalized spacial score (nSPS) is 30.6. The van der Waals surface area contributed by atoms with E-state index in [1.54, 1.807) is 0 Å². The topological polar surface area (TPSA) is 9.23 Å². The van der Waals surface area contributed by atoms with Crippen LogP contribution in [0.1, 0.15) is 45.4 Å². The van der Waals surface area contributed by atoms with E-state index in [9.17, 15) is 0 Å². The Hall–Kier alpha value is -2.19. The first-order valence-electron chi connectivity index (χ1n) is 12.4. The summed E-state index contributed by atoms with van der Waals surface area (Å²) in [6.45, 7) is 2.36. The van der Waals surface area contributed by atoms with Crippen molar-refractivity contribution in [1.82, 2.24) is 0 Å². The van der Waals surface area contributed by atoms with Crippen molar-refractivity contribution in [3.63, 3.8) is 0 Å². The lowest BCUT2D eigenvalue weighted by Crippen LogP contribution is -2.60. The van der Waals surface area contributed by atoms with Crippen LogP contribution in [0.3, 0.4) is 0 Å². The Bertz CT molecular complexity index is 976. The average molecular weight is 442 g/mol. The fraction of sp³-hybridized carbons (Fsp3) is 0.400. The van der Waals surface area contributed by atoms with Crippen molar-refractivity contribution in [2.75, 3.05) is 0 Å². The summed E-state index contributed by atoms with van der Waals surface area (Å²) in [5, 5.41) is 0. The molecule has 2 heteroatoms. The van der Waals surface area contributed by atoms with Gasteiger partial charge in [-0.15, -0.1) is 0 Å². The predicted molar refractivity (Wildman–Crippen MR) is 132 cm³/mol. The zero-order valence-corrected chi connectivity index (χ0v) is 19.8. The highest BCUT2D eigenvalue weighted by atomic mass is 32.2. The van der Waals surface area contributed by atoms with Crippen molar-refractivity contribution in [3.05, 3.63) is 84.9 Å². The third kappa shape index (κ3) is 3.48. The Morgan fingerprint density at radius 1 is 0.656 bits per heavy atom. The molecular weight excluding hydrogens is 408 g/mol. The molecule has 0 unspecified atom stereocenters. The number of ether oxygens (including phenoxy) is 1. The summed E-state index contributed by atoms with van der Waals surface area (Å²) < 4.78 is 6.98. The summed E-state index contributed by atoms with van der Waals surface area (Å²) >= 11 is 0. The molecule has 3 aromatic rings. The van der Waals surface area contributed by atoms with Crippen LogP contribution in [0.25, 0.3) is 0 Å². The van der Waals surface area contributed by atoms with Crippen LogP contribution >= 0.6 is 0 Å². The van der Waals surface area contributed by atoms with E-state index in [0.717, 1.165) is 35.8 Å². The van der Waals surface area contributed by atoms with Crippen LogP contribution in [0, 0.1) is 23.7 Å². The van der Waals surface area contributed by atoms with E-state index >= 15 is 0 Å². The van der Waals surface area contributed by atoms with Crippen LogP contribution in [-0.4, -0.2) is 5.60 Å². The molecule has 4 saturated carbocycles. The van der Waals surface area contributed by atoms with Crippen molar-refractivity contribution >= 4 is 10.9 Å². The standard InChI is InChI=1S/C30H33OS/c1-2-30(24-18-22-17-23(20-24)21-25(30)19-22)31-26-13-15-29(16-14-26)32(27-9-5-3-6-10-27)28-11-7-4-8-12-28/h3-16,22-25H,2,17-21H2,1H3/q+1. The first-order chi connectivity index (χ1) is 15.7. The smallest absolute Gasteiger partial charge is 0.166 e. The van der Waals surface area contributed by atoms with E-state index < -0.39 is 0 Å². The molecule has 4 aliphatic rings. The van der Waals surface area contributed by atoms with Crippen molar-refractivity contribution in [2.45, 2.75) is 65.7 Å². The Morgan fingerprint density at radius 3 is 1.59 bits per heavy atom. The lowest BCUT2D eigenvalue weighted by Gasteiger charge is -2.60. The maximum absolute atomic E-state index is 6.98. The third-order valence-electron chi connectivity index (χ3n) is 8.40. The van der Waals surface area contributed by atoms with Crippen molar-refractivity contribution in [2.24, 2.45) is 23.7 Å². The molecule has 0 aliphatic heterocycles. The van der Waals surface area contributed by atoms with Gasteiger partial charge in [0.05, 0.1) is 10.9 Å². The van der Waals surface area contributed by atoms with Gasteiger partial charge in [-0.2, -0.15) is 0 Å². The summed E-state index contributed by atoms with van der Waals surface area (Å²) in [4.78, 5) is 4.07. The van der Waals surface area contributed by atoms with Crippen LogP contribution in [0.2, 0.25) is 0 Å². The van der Waals surface area contributed by atoms with Gasteiger partial charge in [-0.3, -0.25) is 0 Å². The zero-order chi connectivity index (χ0) is 21.5. The molecule has 0 N–H and O–H groups in total. The molecule has 32 heavy (non-hydrogen) atoms. The van der Waals surface area contributed by atoms with Gasteiger partial charge in [-0.25, -0.2) is 0 Å². The maximum Gasteiger partial charge on any atom is 0.166 e. The maximum atomic E-state index is 6.98. The molecule has 164 valence electrons. The second kappa shape index (κ2) is 8.30. The first kappa shape index (κ1) is 20.4. The van der Waals surface area contributed by atoms with Crippen LogP contribution in [-0.2, 0) is 10.9 Å². The van der Waals surface area contributed by atoms with E-state index in [-0.39, 0.29) is 16.5 Å². The monoisotopic (exact) mass is 441 g/mol. The number of hydrogen-bond acceptors (Lipinski definition) is 1. The van der Waals surface area contributed by atoms with Crippen molar-refractivity contribution in [3.8, 4) is 5.75 Å². The minimum absolute atomic E-state index is 0.0650. The molecule has 0 saturated heterocycles. The highest BCUT2D eigenvalue weighted by Gasteiger charge is 2.58. The van der Waals surface area contributed by atoms with Gasteiger partial charge in [-0.1, -0.05) is 43.3 Å². The van der Waals surface area contributed by atoms with Crippen molar-refractivity contribution in [1.29, 1.82) is 0 Å². The molecule has 4 aliphatic carbocycles. The second-order valence-corrected chi connectivity index (χ2v) is 12.1. The number of hydrogen-bond donors (Lipinski definition) is 0. The first-order valence-corrected chi connectivity index (χ1v) is 13.6. The van der Waals surface area contributed by atoms with E-state index in [0.29, 0.717) is 0 Å². The summed E-state index contributed by atoms with van der Waals surface area (Å²) in [6.07, 6.45) is 8.20. The van der Waals surface area contributed by atoms with Gasteiger partial charge in [0.15, 0.2) is 14.7 Å². The van der Waals surface area contributed by atoms with Gasteiger partial charge >= 0.3 is 0 Å². The summed E-state index contributed by atoms with van der Waals surface area (Å²) in [5.74, 6) is 4.52. The molecule has 0 amide bonds. The minimum atomic E-state index is -0.101. The van der Waals surface area contributed by atoms with E-state index in [2.05, 4.69) is 91.9 Å². The Kier molecular flexibility index (Phi) is 5.30. The van der Waals surface area contributed by atoms with Gasteiger partial charge in [0, 0.05) is 0 Å². The second-order valence-electron chi connectivity index (χ2n) is 10.1. The molecule has 0 radical (unpaired) electrons. The molecule has 0 atom stereocenters. The van der Waals surface area contributed by atoms with E-state index in [1.807, 2.05) is 0 Å². The fourth-order valence-corrected chi connectivity index (χ4v) is 9.27. The number of rotatable bonds is 6. The molecular formula is C30H33OS+. The molecule has 1 nitrogen and oxygen atoms in total. The van der Waals surface area contributed by atoms with Gasteiger partial charge < -0.3 is 4.74 Å². The van der Waals surface area contributed by atoms with Gasteiger partial charge in [-0.05, 0) is 111 Å². The molecule has 0 spiro atoms. The summed E-state index contributed by atoms with van der Waals surface area (Å²) in [7, 11) is -0.101. The average Bonchev–Trinajstić information content (AvgIpc) is 2.84. The zero-order valence-electron chi connectivity index (χ0n) is 19.0. The van der Waals surface area contributed by atoms with Crippen LogP contribution in [0.15, 0.2) is 99.6 Å². The highest BCUT2D eigenvalue weighted by molar-refractivity contribution is 7.97. The van der Waals surface area contributed by atoms with E-state index in [4.69, 9.17) is 4.74 Å². The third-order valence-corrected chi connectivity index (χ3v) is 10.6. The highest BCUT2D eigenvalue weighted by Crippen LogP contribution is 2.60. The lowest BCUT2D eigenvalue weighted by molar-refractivity contribution is -0.157. The lowest BCUT2D eigenvalue weighted by atomic mass is 9.49. The van der Waals surface area contributed by atoms with Gasteiger partial charge in [0.2, 0.25) is 0 Å². The number of benzene rings is 3. The van der Waals surface area contributed by atoms with Crippen LogP contribution in [0.5, 0.6) is 5.75 Å². The Balaban J connectivity index is 1.30. The molecule has 4 bridgehead atoms. The van der Waals surface area contributed by atoms with Gasteiger partial charge in [0.1, 0.15) is 11.4 Å². The SMILES string of the molecule is CCC1(Oc2ccc([S+](c3ccccc3)c3ccccc3)cc2)C2CC3CC(C2)CC1C3. The molecule has 7 rings (SSSR count). The van der Waals surface area contributed by atoms with Crippen molar-refractivity contribution < 1.29 is 4.74 Å². The molecule has 0 aromatic heterocycles. The van der Waals surface area contributed by atoms with Gasteiger partial charge in [0.25, 0.3) is 0 Å². The summed E-state index contributed by atoms with van der Waals surface area (Å²) in [5.41, 5.74) is 0.0650. The predicted octanol–water partition coefficient (Wildman–Crippen LogP) is 7.77. The largest absolute Gasteiger partial charge is 0.487 e. The van der Waals surface area contributed by atoms with E-state index in [1.165, 1.54) is 46.8 Å². The summed E-state index contributed by atoms with van der Waals surface area (Å²) in [6, 6.07) is 30.9. The fourth-order valence-electron chi connectivity index (χ4n) is 7.18.